The minimum Gasteiger partial charge on any atom is -0.454 e. The average Bonchev–Trinajstić information content (AvgIpc) is 2.82. The number of ether oxygens (including phenoxy) is 1. The molecule has 0 aliphatic rings. The Balaban J connectivity index is 2.03. The van der Waals surface area contributed by atoms with E-state index in [-0.39, 0.29) is 5.75 Å². The number of aromatic amines is 1. The van der Waals surface area contributed by atoms with Crippen LogP contribution in [0.4, 0.5) is 8.78 Å². The summed E-state index contributed by atoms with van der Waals surface area (Å²) in [5, 5.41) is 0.848. The standard InChI is InChI=1S/C14H9F2NO/c15-9-4-5-14(11(16)8-9)18-13-3-1-2-12-10(13)6-7-17-12/h1-8,17H. The molecule has 0 spiro atoms. The first-order valence-corrected chi connectivity index (χ1v) is 5.43. The number of nitrogens with one attached hydrogen (secondary N) is 1. The Labute approximate surface area is 102 Å². The van der Waals surface area contributed by atoms with Gasteiger partial charge < -0.3 is 9.72 Å². The number of hydrogen-bond acceptors (Lipinski definition) is 1. The molecule has 1 N–H and O–H groups in total. The molecule has 0 amide bonds. The van der Waals surface area contributed by atoms with E-state index in [2.05, 4.69) is 4.98 Å². The first-order chi connectivity index (χ1) is 8.74. The van der Waals surface area contributed by atoms with Gasteiger partial charge in [-0.1, -0.05) is 6.07 Å². The van der Waals surface area contributed by atoms with Crippen LogP contribution in [-0.4, -0.2) is 4.98 Å². The fourth-order valence-electron chi connectivity index (χ4n) is 1.82. The van der Waals surface area contributed by atoms with Crippen molar-refractivity contribution in [3.05, 3.63) is 60.3 Å². The van der Waals surface area contributed by atoms with E-state index in [1.165, 1.54) is 6.07 Å². The monoisotopic (exact) mass is 245 g/mol. The largest absolute Gasteiger partial charge is 0.454 e. The summed E-state index contributed by atoms with van der Waals surface area (Å²) in [5.41, 5.74) is 0.898. The topological polar surface area (TPSA) is 25.0 Å². The molecule has 0 bridgehead atoms. The van der Waals surface area contributed by atoms with Gasteiger partial charge in [-0.05, 0) is 30.3 Å². The minimum atomic E-state index is -0.720. The predicted molar refractivity (Wildman–Crippen MR) is 64.7 cm³/mol. The van der Waals surface area contributed by atoms with Crippen LogP contribution in [-0.2, 0) is 0 Å². The molecule has 1 aromatic heterocycles. The zero-order valence-electron chi connectivity index (χ0n) is 9.28. The Bertz CT molecular complexity index is 706. The van der Waals surface area contributed by atoms with Crippen molar-refractivity contribution >= 4 is 10.9 Å². The van der Waals surface area contributed by atoms with Gasteiger partial charge in [-0.2, -0.15) is 0 Å². The molecule has 3 aromatic rings. The Morgan fingerprint density at radius 2 is 1.83 bits per heavy atom. The maximum atomic E-state index is 13.5. The van der Waals surface area contributed by atoms with E-state index < -0.39 is 11.6 Å². The SMILES string of the molecule is Fc1ccc(Oc2cccc3[nH]ccc23)c(F)c1. The lowest BCUT2D eigenvalue weighted by atomic mass is 10.2. The number of benzene rings is 2. The zero-order chi connectivity index (χ0) is 12.5. The quantitative estimate of drug-likeness (QED) is 0.717. The summed E-state index contributed by atoms with van der Waals surface area (Å²) in [6.45, 7) is 0. The normalized spacial score (nSPS) is 10.8. The summed E-state index contributed by atoms with van der Waals surface area (Å²) in [5.74, 6) is -0.813. The Morgan fingerprint density at radius 1 is 0.944 bits per heavy atom. The molecule has 0 saturated carbocycles. The number of rotatable bonds is 2. The second-order valence-electron chi connectivity index (χ2n) is 3.87. The van der Waals surface area contributed by atoms with Crippen LogP contribution in [0.2, 0.25) is 0 Å². The van der Waals surface area contributed by atoms with Gasteiger partial charge in [0.25, 0.3) is 0 Å². The third kappa shape index (κ3) is 1.82. The highest BCUT2D eigenvalue weighted by Crippen LogP contribution is 2.30. The highest BCUT2D eigenvalue weighted by molar-refractivity contribution is 5.85. The number of aromatic nitrogens is 1. The van der Waals surface area contributed by atoms with E-state index >= 15 is 0 Å². The molecule has 0 atom stereocenters. The van der Waals surface area contributed by atoms with Crippen molar-refractivity contribution in [1.29, 1.82) is 0 Å². The van der Waals surface area contributed by atoms with E-state index in [4.69, 9.17) is 4.74 Å². The van der Waals surface area contributed by atoms with Crippen molar-refractivity contribution in [3.8, 4) is 11.5 Å². The molecule has 1 heterocycles. The van der Waals surface area contributed by atoms with Gasteiger partial charge in [0, 0.05) is 23.2 Å². The van der Waals surface area contributed by atoms with Gasteiger partial charge in [-0.3, -0.25) is 0 Å². The van der Waals surface area contributed by atoms with Crippen molar-refractivity contribution in [1.82, 2.24) is 4.98 Å². The fraction of sp³-hybridized carbons (Fsp3) is 0. The molecular formula is C14H9F2NO. The lowest BCUT2D eigenvalue weighted by Gasteiger charge is -2.07. The first kappa shape index (κ1) is 10.8. The van der Waals surface area contributed by atoms with Crippen LogP contribution in [0.1, 0.15) is 0 Å². The number of hydrogen-bond donors (Lipinski definition) is 1. The van der Waals surface area contributed by atoms with Gasteiger partial charge in [-0.15, -0.1) is 0 Å². The fourth-order valence-corrected chi connectivity index (χ4v) is 1.82. The van der Waals surface area contributed by atoms with Gasteiger partial charge in [0.1, 0.15) is 11.6 Å². The molecule has 0 unspecified atom stereocenters. The Morgan fingerprint density at radius 3 is 2.67 bits per heavy atom. The van der Waals surface area contributed by atoms with E-state index in [1.54, 1.807) is 18.3 Å². The molecule has 0 saturated heterocycles. The van der Waals surface area contributed by atoms with E-state index in [0.717, 1.165) is 23.0 Å². The molecule has 2 nitrogen and oxygen atoms in total. The van der Waals surface area contributed by atoms with Gasteiger partial charge in [0.15, 0.2) is 11.6 Å². The Kier molecular flexibility index (Phi) is 2.48. The van der Waals surface area contributed by atoms with Crippen LogP contribution in [0, 0.1) is 11.6 Å². The van der Waals surface area contributed by atoms with Crippen LogP contribution >= 0.6 is 0 Å². The van der Waals surface area contributed by atoms with Crippen molar-refractivity contribution in [3.63, 3.8) is 0 Å². The second-order valence-corrected chi connectivity index (χ2v) is 3.87. The molecule has 0 radical (unpaired) electrons. The summed E-state index contributed by atoms with van der Waals surface area (Å²) in [4.78, 5) is 3.04. The molecule has 18 heavy (non-hydrogen) atoms. The summed E-state index contributed by atoms with van der Waals surface area (Å²) in [6.07, 6.45) is 1.78. The van der Waals surface area contributed by atoms with Gasteiger partial charge in [0.05, 0.1) is 0 Å². The predicted octanol–water partition coefficient (Wildman–Crippen LogP) is 4.24. The summed E-state index contributed by atoms with van der Waals surface area (Å²) in [7, 11) is 0. The van der Waals surface area contributed by atoms with Crippen molar-refractivity contribution < 1.29 is 13.5 Å². The maximum absolute atomic E-state index is 13.5. The molecule has 0 aliphatic heterocycles. The van der Waals surface area contributed by atoms with Crippen molar-refractivity contribution in [2.75, 3.05) is 0 Å². The van der Waals surface area contributed by atoms with Crippen LogP contribution in [0.15, 0.2) is 48.7 Å². The Hall–Kier alpha value is -2.36. The number of halogens is 2. The van der Waals surface area contributed by atoms with Crippen LogP contribution < -0.4 is 4.74 Å². The average molecular weight is 245 g/mol. The highest BCUT2D eigenvalue weighted by Gasteiger charge is 2.08. The van der Waals surface area contributed by atoms with Gasteiger partial charge in [-0.25, -0.2) is 8.78 Å². The third-order valence-electron chi connectivity index (χ3n) is 2.67. The number of fused-ring (bicyclic) bond motifs is 1. The van der Waals surface area contributed by atoms with E-state index in [1.807, 2.05) is 12.1 Å². The molecule has 3 rings (SSSR count). The molecule has 4 heteroatoms. The maximum Gasteiger partial charge on any atom is 0.168 e. The minimum absolute atomic E-state index is 0.00472. The summed E-state index contributed by atoms with van der Waals surface area (Å²) in [6, 6.07) is 10.5. The number of H-pyrrole nitrogens is 1. The van der Waals surface area contributed by atoms with Crippen LogP contribution in [0.3, 0.4) is 0 Å². The third-order valence-corrected chi connectivity index (χ3v) is 2.67. The van der Waals surface area contributed by atoms with E-state index in [0.29, 0.717) is 5.75 Å². The molecular weight excluding hydrogens is 236 g/mol. The molecule has 90 valence electrons. The molecule has 0 fully saturated rings. The van der Waals surface area contributed by atoms with Crippen molar-refractivity contribution in [2.24, 2.45) is 0 Å². The lowest BCUT2D eigenvalue weighted by molar-refractivity contribution is 0.441. The highest BCUT2D eigenvalue weighted by atomic mass is 19.1. The smallest absolute Gasteiger partial charge is 0.168 e. The zero-order valence-corrected chi connectivity index (χ0v) is 9.28. The van der Waals surface area contributed by atoms with Crippen molar-refractivity contribution in [2.45, 2.75) is 0 Å². The summed E-state index contributed by atoms with van der Waals surface area (Å²) < 4.78 is 31.8. The lowest BCUT2D eigenvalue weighted by Crippen LogP contribution is -1.89. The van der Waals surface area contributed by atoms with Crippen LogP contribution in [0.5, 0.6) is 11.5 Å². The van der Waals surface area contributed by atoms with Crippen LogP contribution in [0.25, 0.3) is 10.9 Å². The van der Waals surface area contributed by atoms with E-state index in [9.17, 15) is 8.78 Å². The van der Waals surface area contributed by atoms with Gasteiger partial charge >= 0.3 is 0 Å². The second kappa shape index (κ2) is 4.14. The molecule has 2 aromatic carbocycles. The summed E-state index contributed by atoms with van der Waals surface area (Å²) >= 11 is 0. The molecule has 0 aliphatic carbocycles. The first-order valence-electron chi connectivity index (χ1n) is 5.43. The van der Waals surface area contributed by atoms with Gasteiger partial charge in [0.2, 0.25) is 0 Å².